The van der Waals surface area contributed by atoms with Crippen molar-refractivity contribution in [3.63, 3.8) is 0 Å². The van der Waals surface area contributed by atoms with E-state index in [2.05, 4.69) is 39.7 Å². The minimum atomic E-state index is -0.347. The van der Waals surface area contributed by atoms with Crippen LogP contribution in [0.1, 0.15) is 24.7 Å². The standard InChI is InChI=1S/C19H26N4O3/c1-4-16(19(24)21-18-12-14(3)26-22-18)20-17-6-5-15(11-13(17)2)23-7-9-25-10-8-23/h5-6,11-12,16,20H,4,7-10H2,1-3H3,(H,21,22,24). The van der Waals surface area contributed by atoms with E-state index in [4.69, 9.17) is 9.26 Å². The molecule has 1 aliphatic heterocycles. The van der Waals surface area contributed by atoms with E-state index in [0.29, 0.717) is 18.0 Å². The van der Waals surface area contributed by atoms with Crippen molar-refractivity contribution in [2.24, 2.45) is 0 Å². The summed E-state index contributed by atoms with van der Waals surface area (Å²) < 4.78 is 10.4. The number of carbonyl (C=O) groups is 1. The van der Waals surface area contributed by atoms with Crippen LogP contribution >= 0.6 is 0 Å². The van der Waals surface area contributed by atoms with Crippen LogP contribution in [0.4, 0.5) is 17.2 Å². The van der Waals surface area contributed by atoms with E-state index in [-0.39, 0.29) is 11.9 Å². The number of hydrogen-bond acceptors (Lipinski definition) is 6. The number of rotatable bonds is 6. The summed E-state index contributed by atoms with van der Waals surface area (Å²) in [6.45, 7) is 9.15. The molecule has 7 nitrogen and oxygen atoms in total. The molecule has 1 aromatic carbocycles. The van der Waals surface area contributed by atoms with Crippen molar-refractivity contribution in [1.29, 1.82) is 0 Å². The van der Waals surface area contributed by atoms with E-state index in [1.165, 1.54) is 5.69 Å². The third kappa shape index (κ3) is 4.35. The highest BCUT2D eigenvalue weighted by Crippen LogP contribution is 2.24. The van der Waals surface area contributed by atoms with Crippen LogP contribution in [0.2, 0.25) is 0 Å². The van der Waals surface area contributed by atoms with Crippen LogP contribution in [0.25, 0.3) is 0 Å². The van der Waals surface area contributed by atoms with Crippen LogP contribution in [0.5, 0.6) is 0 Å². The van der Waals surface area contributed by atoms with Gasteiger partial charge in [0.1, 0.15) is 11.8 Å². The molecule has 1 unspecified atom stereocenters. The third-order valence-electron chi connectivity index (χ3n) is 4.52. The molecular weight excluding hydrogens is 332 g/mol. The predicted molar refractivity (Wildman–Crippen MR) is 102 cm³/mol. The quantitative estimate of drug-likeness (QED) is 0.826. The Kier molecular flexibility index (Phi) is 5.78. The Hall–Kier alpha value is -2.54. The fourth-order valence-corrected chi connectivity index (χ4v) is 3.01. The molecule has 0 spiro atoms. The van der Waals surface area contributed by atoms with Crippen molar-refractivity contribution >= 4 is 23.1 Å². The van der Waals surface area contributed by atoms with Gasteiger partial charge in [0.05, 0.1) is 13.2 Å². The first-order valence-electron chi connectivity index (χ1n) is 9.01. The van der Waals surface area contributed by atoms with Gasteiger partial charge in [-0.3, -0.25) is 4.79 Å². The summed E-state index contributed by atoms with van der Waals surface area (Å²) in [4.78, 5) is 14.8. The highest BCUT2D eigenvalue weighted by Gasteiger charge is 2.19. The average Bonchev–Trinajstić information content (AvgIpc) is 3.06. The van der Waals surface area contributed by atoms with E-state index < -0.39 is 0 Å². The Morgan fingerprint density at radius 1 is 1.27 bits per heavy atom. The van der Waals surface area contributed by atoms with E-state index >= 15 is 0 Å². The SMILES string of the molecule is CCC(Nc1ccc(N2CCOCC2)cc1C)C(=O)Nc1cc(C)on1. The molecule has 2 aromatic rings. The molecule has 1 aliphatic rings. The number of hydrogen-bond donors (Lipinski definition) is 2. The molecule has 0 radical (unpaired) electrons. The number of aromatic nitrogens is 1. The summed E-state index contributed by atoms with van der Waals surface area (Å²) in [7, 11) is 0. The second kappa shape index (κ2) is 8.23. The number of nitrogens with one attached hydrogen (secondary N) is 2. The van der Waals surface area contributed by atoms with Crippen LogP contribution in [-0.4, -0.2) is 43.4 Å². The molecule has 3 rings (SSSR count). The van der Waals surface area contributed by atoms with Gasteiger partial charge in [-0.05, 0) is 44.0 Å². The summed E-state index contributed by atoms with van der Waals surface area (Å²) >= 11 is 0. The van der Waals surface area contributed by atoms with Crippen molar-refractivity contribution in [3.05, 3.63) is 35.6 Å². The molecule has 7 heteroatoms. The maximum Gasteiger partial charge on any atom is 0.248 e. The minimum absolute atomic E-state index is 0.127. The van der Waals surface area contributed by atoms with Crippen molar-refractivity contribution in [1.82, 2.24) is 5.16 Å². The largest absolute Gasteiger partial charge is 0.378 e. The van der Waals surface area contributed by atoms with E-state index in [1.54, 1.807) is 13.0 Å². The Bertz CT molecular complexity index is 753. The lowest BCUT2D eigenvalue weighted by molar-refractivity contribution is -0.117. The van der Waals surface area contributed by atoms with Crippen molar-refractivity contribution in [2.45, 2.75) is 33.2 Å². The Labute approximate surface area is 153 Å². The molecule has 1 aromatic heterocycles. The zero-order valence-electron chi connectivity index (χ0n) is 15.5. The topological polar surface area (TPSA) is 79.6 Å². The van der Waals surface area contributed by atoms with Crippen LogP contribution in [0.3, 0.4) is 0 Å². The van der Waals surface area contributed by atoms with Gasteiger partial charge in [-0.25, -0.2) is 0 Å². The zero-order valence-corrected chi connectivity index (χ0v) is 15.5. The molecule has 26 heavy (non-hydrogen) atoms. The van der Waals surface area contributed by atoms with Crippen LogP contribution in [0, 0.1) is 13.8 Å². The number of benzene rings is 1. The maximum absolute atomic E-state index is 12.5. The van der Waals surface area contributed by atoms with E-state index in [0.717, 1.165) is 37.6 Å². The second-order valence-electron chi connectivity index (χ2n) is 6.52. The first-order valence-corrected chi connectivity index (χ1v) is 9.01. The van der Waals surface area contributed by atoms with Gasteiger partial charge in [-0.2, -0.15) is 0 Å². The Morgan fingerprint density at radius 3 is 2.65 bits per heavy atom. The van der Waals surface area contributed by atoms with Crippen LogP contribution < -0.4 is 15.5 Å². The van der Waals surface area contributed by atoms with Gasteiger partial charge in [0, 0.05) is 30.5 Å². The van der Waals surface area contributed by atoms with Gasteiger partial charge < -0.3 is 24.8 Å². The molecule has 0 aliphatic carbocycles. The molecule has 0 saturated carbocycles. The Balaban J connectivity index is 1.66. The van der Waals surface area contributed by atoms with Crippen molar-refractivity contribution < 1.29 is 14.1 Å². The molecule has 1 saturated heterocycles. The molecule has 2 N–H and O–H groups in total. The van der Waals surface area contributed by atoms with Crippen molar-refractivity contribution in [3.8, 4) is 0 Å². The van der Waals surface area contributed by atoms with Crippen molar-refractivity contribution in [2.75, 3.05) is 41.8 Å². The van der Waals surface area contributed by atoms with E-state index in [1.807, 2.05) is 13.0 Å². The first-order chi connectivity index (χ1) is 12.6. The molecule has 1 atom stereocenters. The number of carbonyl (C=O) groups excluding carboxylic acids is 1. The summed E-state index contributed by atoms with van der Waals surface area (Å²) in [5.74, 6) is 0.973. The molecule has 1 fully saturated rings. The fourth-order valence-electron chi connectivity index (χ4n) is 3.01. The summed E-state index contributed by atoms with van der Waals surface area (Å²) in [6, 6.07) is 7.63. The van der Waals surface area contributed by atoms with Gasteiger partial charge in [0.2, 0.25) is 5.91 Å². The van der Waals surface area contributed by atoms with Gasteiger partial charge >= 0.3 is 0 Å². The number of aryl methyl sites for hydroxylation is 2. The highest BCUT2D eigenvalue weighted by molar-refractivity contribution is 5.95. The molecule has 1 amide bonds. The number of anilines is 3. The van der Waals surface area contributed by atoms with E-state index in [9.17, 15) is 4.79 Å². The minimum Gasteiger partial charge on any atom is -0.378 e. The second-order valence-corrected chi connectivity index (χ2v) is 6.52. The zero-order chi connectivity index (χ0) is 18.5. The molecule has 0 bridgehead atoms. The molecule has 140 valence electrons. The van der Waals surface area contributed by atoms with Gasteiger partial charge in [-0.15, -0.1) is 0 Å². The fraction of sp³-hybridized carbons (Fsp3) is 0.474. The molecule has 2 heterocycles. The summed E-state index contributed by atoms with van der Waals surface area (Å²) in [5, 5.41) is 9.94. The summed E-state index contributed by atoms with van der Waals surface area (Å²) in [5.41, 5.74) is 3.25. The van der Waals surface area contributed by atoms with Crippen LogP contribution in [0.15, 0.2) is 28.8 Å². The number of amides is 1. The lowest BCUT2D eigenvalue weighted by Crippen LogP contribution is -2.36. The summed E-state index contributed by atoms with van der Waals surface area (Å²) in [6.07, 6.45) is 0.660. The normalized spacial score (nSPS) is 15.6. The average molecular weight is 358 g/mol. The molecular formula is C19H26N4O3. The van der Waals surface area contributed by atoms with Crippen LogP contribution in [-0.2, 0) is 9.53 Å². The number of morpholine rings is 1. The Morgan fingerprint density at radius 2 is 2.04 bits per heavy atom. The monoisotopic (exact) mass is 358 g/mol. The smallest absolute Gasteiger partial charge is 0.248 e. The third-order valence-corrected chi connectivity index (χ3v) is 4.52. The predicted octanol–water partition coefficient (Wildman–Crippen LogP) is 2.96. The van der Waals surface area contributed by atoms with Gasteiger partial charge in [0.25, 0.3) is 0 Å². The number of nitrogens with zero attached hydrogens (tertiary/aromatic N) is 2. The maximum atomic E-state index is 12.5. The number of ether oxygens (including phenoxy) is 1. The first kappa shape index (κ1) is 18.3. The van der Waals surface area contributed by atoms with Gasteiger partial charge in [0.15, 0.2) is 5.82 Å². The highest BCUT2D eigenvalue weighted by atomic mass is 16.5. The lowest BCUT2D eigenvalue weighted by atomic mass is 10.1. The lowest BCUT2D eigenvalue weighted by Gasteiger charge is -2.29. The van der Waals surface area contributed by atoms with Gasteiger partial charge in [-0.1, -0.05) is 12.1 Å².